The van der Waals surface area contributed by atoms with Crippen molar-refractivity contribution in [3.05, 3.63) is 17.6 Å². The molecule has 0 amide bonds. The van der Waals surface area contributed by atoms with Crippen molar-refractivity contribution < 1.29 is 0 Å². The first kappa shape index (κ1) is 13.7. The number of nitrogens with zero attached hydrogens (tertiary/aromatic N) is 4. The minimum absolute atomic E-state index is 0.00735. The van der Waals surface area contributed by atoms with Crippen LogP contribution in [0.25, 0.3) is 0 Å². The Bertz CT molecular complexity index is 487. The van der Waals surface area contributed by atoms with Crippen molar-refractivity contribution in [2.75, 3.05) is 38.1 Å². The van der Waals surface area contributed by atoms with Gasteiger partial charge in [0.1, 0.15) is 11.6 Å². The van der Waals surface area contributed by atoms with E-state index in [0.29, 0.717) is 11.9 Å². The van der Waals surface area contributed by atoms with Crippen molar-refractivity contribution in [2.45, 2.75) is 32.2 Å². The van der Waals surface area contributed by atoms with Gasteiger partial charge in [0, 0.05) is 44.2 Å². The lowest BCUT2D eigenvalue weighted by molar-refractivity contribution is 0.00855. The third-order valence-corrected chi connectivity index (χ3v) is 4.24. The quantitative estimate of drug-likeness (QED) is 0.613. The molecule has 3 aliphatic heterocycles. The van der Waals surface area contributed by atoms with Crippen molar-refractivity contribution in [2.24, 2.45) is 5.84 Å². The first-order chi connectivity index (χ1) is 9.47. The second kappa shape index (κ2) is 4.95. The van der Waals surface area contributed by atoms with Crippen molar-refractivity contribution in [1.82, 2.24) is 19.8 Å². The van der Waals surface area contributed by atoms with E-state index in [-0.39, 0.29) is 5.41 Å². The molecule has 1 unspecified atom stereocenters. The van der Waals surface area contributed by atoms with E-state index >= 15 is 0 Å². The molecule has 3 saturated heterocycles. The van der Waals surface area contributed by atoms with Gasteiger partial charge in [0.15, 0.2) is 0 Å². The average Bonchev–Trinajstić information content (AvgIpc) is 2.47. The van der Waals surface area contributed by atoms with Crippen molar-refractivity contribution >= 4 is 5.82 Å². The fourth-order valence-corrected chi connectivity index (χ4v) is 2.94. The molecule has 4 heterocycles. The smallest absolute Gasteiger partial charge is 0.149 e. The summed E-state index contributed by atoms with van der Waals surface area (Å²) >= 11 is 0. The molecule has 4 rings (SSSR count). The van der Waals surface area contributed by atoms with Gasteiger partial charge >= 0.3 is 0 Å². The molecule has 20 heavy (non-hydrogen) atoms. The van der Waals surface area contributed by atoms with Crippen LogP contribution in [0.5, 0.6) is 0 Å². The molecule has 3 aliphatic rings. The highest BCUT2D eigenvalue weighted by Crippen LogP contribution is 2.29. The number of fused-ring (bicyclic) bond motifs is 3. The van der Waals surface area contributed by atoms with Crippen LogP contribution < -0.4 is 11.3 Å². The van der Waals surface area contributed by atoms with Gasteiger partial charge in [-0.05, 0) is 0 Å². The summed E-state index contributed by atoms with van der Waals surface area (Å²) in [6.45, 7) is 12.1. The largest absolute Gasteiger partial charge is 0.308 e. The molecule has 0 aliphatic carbocycles. The molecule has 0 saturated carbocycles. The fraction of sp³-hybridized carbons (Fsp3) is 0.714. The number of piperazine rings is 3. The van der Waals surface area contributed by atoms with Crippen molar-refractivity contribution in [3.8, 4) is 0 Å². The van der Waals surface area contributed by atoms with Gasteiger partial charge in [-0.25, -0.2) is 15.8 Å². The van der Waals surface area contributed by atoms with E-state index < -0.39 is 0 Å². The maximum Gasteiger partial charge on any atom is 0.149 e. The summed E-state index contributed by atoms with van der Waals surface area (Å²) < 4.78 is 0. The fourth-order valence-electron chi connectivity index (χ4n) is 2.94. The number of hydrazine groups is 1. The van der Waals surface area contributed by atoms with Gasteiger partial charge in [-0.3, -0.25) is 9.80 Å². The van der Waals surface area contributed by atoms with Gasteiger partial charge in [-0.2, -0.15) is 0 Å². The van der Waals surface area contributed by atoms with Crippen LogP contribution in [0.3, 0.4) is 0 Å². The van der Waals surface area contributed by atoms with Crippen LogP contribution in [0.15, 0.2) is 6.07 Å². The molecule has 3 fully saturated rings. The Hall–Kier alpha value is -1.24. The minimum Gasteiger partial charge on any atom is -0.308 e. The lowest BCUT2D eigenvalue weighted by Gasteiger charge is -2.46. The zero-order valence-electron chi connectivity index (χ0n) is 12.6. The molecule has 0 radical (unpaired) electrons. The van der Waals surface area contributed by atoms with Gasteiger partial charge < -0.3 is 5.43 Å². The van der Waals surface area contributed by atoms with Gasteiger partial charge in [-0.15, -0.1) is 0 Å². The number of hydrogen-bond acceptors (Lipinski definition) is 6. The lowest BCUT2D eigenvalue weighted by Crippen LogP contribution is -2.57. The Morgan fingerprint density at radius 3 is 2.40 bits per heavy atom. The van der Waals surface area contributed by atoms with Crippen LogP contribution in [-0.4, -0.2) is 52.5 Å². The average molecular weight is 276 g/mol. The molecule has 0 aromatic carbocycles. The van der Waals surface area contributed by atoms with Gasteiger partial charge in [0.25, 0.3) is 0 Å². The van der Waals surface area contributed by atoms with E-state index in [1.807, 2.05) is 6.07 Å². The Labute approximate surface area is 120 Å². The predicted octanol–water partition coefficient (Wildman–Crippen LogP) is 0.732. The SMILES string of the molecule is CC(C)(C)c1cc(NN)nc(C2CN3CCN2CC3)n1. The summed E-state index contributed by atoms with van der Waals surface area (Å²) in [5, 5.41) is 0. The van der Waals surface area contributed by atoms with Crippen LogP contribution >= 0.6 is 0 Å². The topological polar surface area (TPSA) is 70.3 Å². The van der Waals surface area contributed by atoms with Gasteiger partial charge in [0.05, 0.1) is 11.7 Å². The molecule has 2 bridgehead atoms. The number of rotatable bonds is 2. The summed E-state index contributed by atoms with van der Waals surface area (Å²) in [7, 11) is 0. The van der Waals surface area contributed by atoms with Gasteiger partial charge in [-0.1, -0.05) is 20.8 Å². The highest BCUT2D eigenvalue weighted by atomic mass is 15.4. The first-order valence-corrected chi connectivity index (χ1v) is 7.30. The molecular weight excluding hydrogens is 252 g/mol. The number of hydrogen-bond donors (Lipinski definition) is 2. The molecule has 1 atom stereocenters. The molecule has 1 aromatic heterocycles. The van der Waals surface area contributed by atoms with E-state index in [0.717, 1.165) is 44.2 Å². The lowest BCUT2D eigenvalue weighted by atomic mass is 9.91. The maximum absolute atomic E-state index is 5.57. The minimum atomic E-state index is -0.00735. The third-order valence-electron chi connectivity index (χ3n) is 4.24. The molecule has 1 aromatic rings. The third kappa shape index (κ3) is 2.51. The van der Waals surface area contributed by atoms with Crippen LogP contribution in [0.1, 0.15) is 38.3 Å². The van der Waals surface area contributed by atoms with Gasteiger partial charge in [0.2, 0.25) is 0 Å². The Morgan fingerprint density at radius 2 is 1.90 bits per heavy atom. The zero-order valence-corrected chi connectivity index (χ0v) is 12.6. The first-order valence-electron chi connectivity index (χ1n) is 7.30. The van der Waals surface area contributed by atoms with E-state index in [1.54, 1.807) is 0 Å². The number of nitrogen functional groups attached to an aromatic ring is 1. The highest BCUT2D eigenvalue weighted by Gasteiger charge is 2.35. The molecule has 6 heteroatoms. The predicted molar refractivity (Wildman–Crippen MR) is 79.3 cm³/mol. The zero-order chi connectivity index (χ0) is 14.3. The molecule has 110 valence electrons. The normalized spacial score (nSPS) is 29.5. The Balaban J connectivity index is 1.96. The van der Waals surface area contributed by atoms with Crippen LogP contribution in [0.2, 0.25) is 0 Å². The summed E-state index contributed by atoms with van der Waals surface area (Å²) in [5.74, 6) is 7.18. The summed E-state index contributed by atoms with van der Waals surface area (Å²) in [4.78, 5) is 14.4. The molecule has 0 spiro atoms. The summed E-state index contributed by atoms with van der Waals surface area (Å²) in [6.07, 6.45) is 0. The van der Waals surface area contributed by atoms with E-state index in [1.165, 1.54) is 0 Å². The van der Waals surface area contributed by atoms with Crippen LogP contribution in [0, 0.1) is 0 Å². The number of nitrogens with one attached hydrogen (secondary N) is 1. The molecule has 6 nitrogen and oxygen atoms in total. The second-order valence-corrected chi connectivity index (χ2v) is 6.74. The van der Waals surface area contributed by atoms with E-state index in [9.17, 15) is 0 Å². The molecule has 3 N–H and O–H groups in total. The number of nitrogens with two attached hydrogens (primary N) is 1. The standard InChI is InChI=1S/C14H24N6/c1-14(2,3)11-8-12(18-15)17-13(16-11)10-9-19-4-6-20(10)7-5-19/h8,10H,4-7,9,15H2,1-3H3,(H,16,17,18). The number of anilines is 1. The Kier molecular flexibility index (Phi) is 3.40. The maximum atomic E-state index is 5.57. The van der Waals surface area contributed by atoms with Crippen LogP contribution in [-0.2, 0) is 5.41 Å². The summed E-state index contributed by atoms with van der Waals surface area (Å²) in [5.41, 5.74) is 3.71. The Morgan fingerprint density at radius 1 is 1.20 bits per heavy atom. The van der Waals surface area contributed by atoms with Crippen LogP contribution in [0.4, 0.5) is 5.82 Å². The molecular formula is C14H24N6. The van der Waals surface area contributed by atoms with E-state index in [2.05, 4.69) is 41.0 Å². The highest BCUT2D eigenvalue weighted by molar-refractivity contribution is 5.37. The van der Waals surface area contributed by atoms with Crippen molar-refractivity contribution in [3.63, 3.8) is 0 Å². The summed E-state index contributed by atoms with van der Waals surface area (Å²) in [6, 6.07) is 2.24. The van der Waals surface area contributed by atoms with Crippen molar-refractivity contribution in [1.29, 1.82) is 0 Å². The second-order valence-electron chi connectivity index (χ2n) is 6.74. The van der Waals surface area contributed by atoms with E-state index in [4.69, 9.17) is 10.8 Å². The monoisotopic (exact) mass is 276 g/mol. The number of aromatic nitrogens is 2.